The number of halogens is 2. The molecule has 2 rings (SSSR count). The Kier molecular flexibility index (Phi) is 4.16. The number of rotatable bonds is 3. The molecule has 0 unspecified atom stereocenters. The largest absolute Gasteiger partial charge is 0.383 e. The summed E-state index contributed by atoms with van der Waals surface area (Å²) in [5.41, 5.74) is 6.09. The fourth-order valence-corrected chi connectivity index (χ4v) is 2.67. The van der Waals surface area contributed by atoms with Crippen molar-refractivity contribution in [3.05, 3.63) is 50.2 Å². The summed E-state index contributed by atoms with van der Waals surface area (Å²) in [6.45, 7) is 0. The third-order valence-electron chi connectivity index (χ3n) is 2.14. The number of nitrogens with zero attached hydrogens (tertiary/aromatic N) is 1. The van der Waals surface area contributed by atoms with Crippen LogP contribution in [0.5, 0.6) is 0 Å². The average molecular weight is 302 g/mol. The van der Waals surface area contributed by atoms with Gasteiger partial charge in [0.1, 0.15) is 5.82 Å². The lowest BCUT2D eigenvalue weighted by atomic mass is 10.2. The van der Waals surface area contributed by atoms with E-state index >= 15 is 0 Å². The molecule has 94 valence electrons. The number of aromatic nitrogens is 2. The van der Waals surface area contributed by atoms with Crippen LogP contribution in [-0.2, 0) is 5.75 Å². The second-order valence-corrected chi connectivity index (χ2v) is 5.23. The van der Waals surface area contributed by atoms with Crippen LogP contribution in [0, 0.1) is 0 Å². The maximum absolute atomic E-state index is 11.2. The average Bonchev–Trinajstić information content (AvgIpc) is 2.30. The smallest absolute Gasteiger partial charge is 0.253 e. The van der Waals surface area contributed by atoms with Crippen molar-refractivity contribution < 1.29 is 0 Å². The number of thioether (sulfide) groups is 1. The Morgan fingerprint density at radius 1 is 1.39 bits per heavy atom. The van der Waals surface area contributed by atoms with Crippen LogP contribution >= 0.6 is 35.0 Å². The predicted octanol–water partition coefficient (Wildman–Crippen LogP) is 2.95. The number of nitrogen functional groups attached to an aromatic ring is 1. The maximum Gasteiger partial charge on any atom is 0.253 e. The zero-order valence-corrected chi connectivity index (χ0v) is 11.4. The first-order chi connectivity index (χ1) is 8.56. The van der Waals surface area contributed by atoms with E-state index in [2.05, 4.69) is 9.97 Å². The molecule has 18 heavy (non-hydrogen) atoms. The van der Waals surface area contributed by atoms with Crippen LogP contribution in [0.25, 0.3) is 0 Å². The fraction of sp³-hybridized carbons (Fsp3) is 0.0909. The van der Waals surface area contributed by atoms with Gasteiger partial charge in [-0.3, -0.25) is 4.79 Å². The van der Waals surface area contributed by atoms with E-state index in [0.29, 0.717) is 21.0 Å². The Labute approximate surface area is 118 Å². The maximum atomic E-state index is 11.2. The van der Waals surface area contributed by atoms with Crippen molar-refractivity contribution in [1.29, 1.82) is 0 Å². The van der Waals surface area contributed by atoms with Gasteiger partial charge in [-0.15, -0.1) is 0 Å². The van der Waals surface area contributed by atoms with Crippen molar-refractivity contribution in [2.45, 2.75) is 10.9 Å². The highest BCUT2D eigenvalue weighted by Crippen LogP contribution is 2.29. The summed E-state index contributed by atoms with van der Waals surface area (Å²) in [5, 5.41) is 1.47. The Balaban J connectivity index is 2.16. The summed E-state index contributed by atoms with van der Waals surface area (Å²) in [6.07, 6.45) is 0. The van der Waals surface area contributed by atoms with E-state index < -0.39 is 0 Å². The van der Waals surface area contributed by atoms with Crippen LogP contribution in [0.15, 0.2) is 34.2 Å². The van der Waals surface area contributed by atoms with Crippen molar-refractivity contribution >= 4 is 40.8 Å². The van der Waals surface area contributed by atoms with Crippen LogP contribution < -0.4 is 11.3 Å². The number of H-pyrrole nitrogens is 1. The molecule has 3 N–H and O–H groups in total. The summed E-state index contributed by atoms with van der Waals surface area (Å²) in [6, 6.07) is 6.64. The number of nitrogens with two attached hydrogens (primary N) is 1. The minimum Gasteiger partial charge on any atom is -0.383 e. The van der Waals surface area contributed by atoms with E-state index in [9.17, 15) is 4.79 Å². The van der Waals surface area contributed by atoms with E-state index in [1.807, 2.05) is 12.1 Å². The Bertz CT molecular complexity index is 630. The van der Waals surface area contributed by atoms with E-state index in [4.69, 9.17) is 28.9 Å². The van der Waals surface area contributed by atoms with E-state index in [-0.39, 0.29) is 11.4 Å². The van der Waals surface area contributed by atoms with Crippen LogP contribution in [0.4, 0.5) is 5.82 Å². The highest BCUT2D eigenvalue weighted by atomic mass is 35.5. The quantitative estimate of drug-likeness (QED) is 0.675. The highest BCUT2D eigenvalue weighted by Gasteiger charge is 2.06. The van der Waals surface area contributed by atoms with Gasteiger partial charge in [0.05, 0.1) is 10.0 Å². The molecule has 4 nitrogen and oxygen atoms in total. The van der Waals surface area contributed by atoms with Gasteiger partial charge in [0.25, 0.3) is 5.56 Å². The van der Waals surface area contributed by atoms with Crippen molar-refractivity contribution in [3.8, 4) is 0 Å². The summed E-state index contributed by atoms with van der Waals surface area (Å²) >= 11 is 13.3. The SMILES string of the molecule is Nc1cc(=O)[nH]c(SCc2cccc(Cl)c2Cl)n1. The molecule has 0 fully saturated rings. The minimum absolute atomic E-state index is 0.193. The van der Waals surface area contributed by atoms with E-state index in [1.165, 1.54) is 17.8 Å². The molecular formula is C11H9Cl2N3OS. The van der Waals surface area contributed by atoms with Crippen LogP contribution in [0.2, 0.25) is 10.0 Å². The topological polar surface area (TPSA) is 71.8 Å². The lowest BCUT2D eigenvalue weighted by molar-refractivity contribution is 0.945. The molecule has 1 heterocycles. The molecule has 0 aliphatic rings. The van der Waals surface area contributed by atoms with Crippen molar-refractivity contribution in [2.75, 3.05) is 5.73 Å². The van der Waals surface area contributed by atoms with Crippen molar-refractivity contribution in [2.24, 2.45) is 0 Å². The molecule has 0 bridgehead atoms. The molecule has 0 saturated heterocycles. The van der Waals surface area contributed by atoms with Gasteiger partial charge >= 0.3 is 0 Å². The number of anilines is 1. The molecule has 0 atom stereocenters. The van der Waals surface area contributed by atoms with Gasteiger partial charge in [-0.1, -0.05) is 47.1 Å². The van der Waals surface area contributed by atoms with Crippen LogP contribution in [0.3, 0.4) is 0 Å². The Hall–Kier alpha value is -1.17. The zero-order chi connectivity index (χ0) is 13.1. The summed E-state index contributed by atoms with van der Waals surface area (Å²) in [7, 11) is 0. The lowest BCUT2D eigenvalue weighted by Gasteiger charge is -2.05. The summed E-state index contributed by atoms with van der Waals surface area (Å²) in [4.78, 5) is 17.8. The normalized spacial score (nSPS) is 10.6. The number of aromatic amines is 1. The van der Waals surface area contributed by atoms with Crippen molar-refractivity contribution in [1.82, 2.24) is 9.97 Å². The second kappa shape index (κ2) is 5.65. The third-order valence-corrected chi connectivity index (χ3v) is 3.92. The standard InChI is InChI=1S/C11H9Cl2N3OS/c12-7-3-1-2-6(10(7)13)5-18-11-15-8(14)4-9(17)16-11/h1-4H,5H2,(H3,14,15,16,17). The van der Waals surface area contributed by atoms with Gasteiger partial charge in [0.2, 0.25) is 0 Å². The Morgan fingerprint density at radius 3 is 2.89 bits per heavy atom. The van der Waals surface area contributed by atoms with E-state index in [0.717, 1.165) is 5.56 Å². The molecule has 0 spiro atoms. The number of hydrogen-bond acceptors (Lipinski definition) is 4. The van der Waals surface area contributed by atoms with Gasteiger partial charge in [-0.2, -0.15) is 0 Å². The van der Waals surface area contributed by atoms with Gasteiger partial charge < -0.3 is 10.7 Å². The molecular weight excluding hydrogens is 293 g/mol. The molecule has 2 aromatic rings. The first-order valence-electron chi connectivity index (χ1n) is 4.99. The number of benzene rings is 1. The molecule has 1 aromatic carbocycles. The summed E-state index contributed by atoms with van der Waals surface area (Å²) in [5.74, 6) is 0.740. The zero-order valence-electron chi connectivity index (χ0n) is 9.11. The summed E-state index contributed by atoms with van der Waals surface area (Å²) < 4.78 is 0. The molecule has 0 radical (unpaired) electrons. The monoisotopic (exact) mass is 301 g/mol. The van der Waals surface area contributed by atoms with Gasteiger partial charge in [-0.05, 0) is 11.6 Å². The van der Waals surface area contributed by atoms with Crippen LogP contribution in [-0.4, -0.2) is 9.97 Å². The number of hydrogen-bond donors (Lipinski definition) is 2. The van der Waals surface area contributed by atoms with Gasteiger partial charge in [-0.25, -0.2) is 4.98 Å². The third kappa shape index (κ3) is 3.19. The molecule has 0 aliphatic heterocycles. The first kappa shape index (κ1) is 13.3. The molecule has 0 saturated carbocycles. The molecule has 1 aromatic heterocycles. The first-order valence-corrected chi connectivity index (χ1v) is 6.73. The highest BCUT2D eigenvalue weighted by molar-refractivity contribution is 7.98. The Morgan fingerprint density at radius 2 is 2.17 bits per heavy atom. The van der Waals surface area contributed by atoms with Crippen molar-refractivity contribution in [3.63, 3.8) is 0 Å². The lowest BCUT2D eigenvalue weighted by Crippen LogP contribution is -2.09. The minimum atomic E-state index is -0.276. The molecule has 0 amide bonds. The van der Waals surface area contributed by atoms with Gasteiger partial charge in [0, 0.05) is 11.8 Å². The van der Waals surface area contributed by atoms with Gasteiger partial charge in [0.15, 0.2) is 5.16 Å². The van der Waals surface area contributed by atoms with E-state index in [1.54, 1.807) is 6.07 Å². The molecule has 0 aliphatic carbocycles. The molecule has 7 heteroatoms. The fourth-order valence-electron chi connectivity index (χ4n) is 1.33. The van der Waals surface area contributed by atoms with Crippen LogP contribution in [0.1, 0.15) is 5.56 Å². The number of nitrogens with one attached hydrogen (secondary N) is 1. The second-order valence-electron chi connectivity index (χ2n) is 3.48. The predicted molar refractivity (Wildman–Crippen MR) is 75.3 cm³/mol.